The smallest absolute Gasteiger partial charge is 0.232 e. The first-order valence-electron chi connectivity index (χ1n) is 8.18. The number of para-hydroxylation sites is 1. The average Bonchev–Trinajstić information content (AvgIpc) is 2.54. The van der Waals surface area contributed by atoms with Gasteiger partial charge in [0.2, 0.25) is 5.91 Å². The predicted molar refractivity (Wildman–Crippen MR) is 98.4 cm³/mol. The molecule has 0 saturated heterocycles. The van der Waals surface area contributed by atoms with Gasteiger partial charge in [0, 0.05) is 5.56 Å². The highest BCUT2D eigenvalue weighted by Crippen LogP contribution is 2.44. The molecule has 24 heavy (non-hydrogen) atoms. The van der Waals surface area contributed by atoms with Crippen molar-refractivity contribution in [2.24, 2.45) is 0 Å². The lowest BCUT2D eigenvalue weighted by atomic mass is 9.88. The van der Waals surface area contributed by atoms with E-state index in [1.54, 1.807) is 7.11 Å². The molecule has 0 unspecified atom stereocenters. The molecule has 0 atom stereocenters. The Balaban J connectivity index is 2.08. The van der Waals surface area contributed by atoms with Gasteiger partial charge in [0.25, 0.3) is 0 Å². The highest BCUT2D eigenvalue weighted by molar-refractivity contribution is 6.03. The number of carbonyl (C=O) groups is 1. The SMILES string of the molecule is COc1cccc2c1N(C(=O)Cc1ccccc1)C(C)(C)C=C2C. The van der Waals surface area contributed by atoms with E-state index in [1.165, 1.54) is 0 Å². The summed E-state index contributed by atoms with van der Waals surface area (Å²) in [7, 11) is 1.65. The van der Waals surface area contributed by atoms with Gasteiger partial charge >= 0.3 is 0 Å². The molecule has 1 heterocycles. The Morgan fingerprint density at radius 2 is 1.79 bits per heavy atom. The first-order chi connectivity index (χ1) is 11.4. The van der Waals surface area contributed by atoms with Crippen molar-refractivity contribution in [2.75, 3.05) is 12.0 Å². The summed E-state index contributed by atoms with van der Waals surface area (Å²) in [5.41, 5.74) is 3.69. The fraction of sp³-hybridized carbons (Fsp3) is 0.286. The summed E-state index contributed by atoms with van der Waals surface area (Å²) in [5.74, 6) is 0.801. The third-order valence-corrected chi connectivity index (χ3v) is 4.46. The minimum absolute atomic E-state index is 0.0701. The van der Waals surface area contributed by atoms with Crippen LogP contribution in [0.2, 0.25) is 0 Å². The predicted octanol–water partition coefficient (Wildman–Crippen LogP) is 4.47. The van der Waals surface area contributed by atoms with Crippen LogP contribution in [0.4, 0.5) is 5.69 Å². The number of carbonyl (C=O) groups excluding carboxylic acids is 1. The van der Waals surface area contributed by atoms with Crippen molar-refractivity contribution in [1.82, 2.24) is 0 Å². The topological polar surface area (TPSA) is 29.5 Å². The van der Waals surface area contributed by atoms with Gasteiger partial charge in [-0.2, -0.15) is 0 Å². The van der Waals surface area contributed by atoms with Gasteiger partial charge in [-0.1, -0.05) is 48.5 Å². The average molecular weight is 321 g/mol. The molecule has 2 aromatic rings. The van der Waals surface area contributed by atoms with Gasteiger partial charge in [0.15, 0.2) is 0 Å². The molecule has 1 aliphatic heterocycles. The maximum absolute atomic E-state index is 13.2. The zero-order chi connectivity index (χ0) is 17.3. The highest BCUT2D eigenvalue weighted by atomic mass is 16.5. The van der Waals surface area contributed by atoms with Crippen molar-refractivity contribution >= 4 is 17.2 Å². The van der Waals surface area contributed by atoms with Gasteiger partial charge in [-0.05, 0) is 38.0 Å². The number of nitrogens with zero attached hydrogens (tertiary/aromatic N) is 1. The van der Waals surface area contributed by atoms with Gasteiger partial charge < -0.3 is 4.74 Å². The summed E-state index contributed by atoms with van der Waals surface area (Å²) in [4.78, 5) is 15.0. The molecule has 0 radical (unpaired) electrons. The molecule has 0 aromatic heterocycles. The summed E-state index contributed by atoms with van der Waals surface area (Å²) in [6.45, 7) is 6.21. The molecule has 0 fully saturated rings. The van der Waals surface area contributed by atoms with Gasteiger partial charge in [0.1, 0.15) is 5.75 Å². The summed E-state index contributed by atoms with van der Waals surface area (Å²) in [6.07, 6.45) is 2.52. The van der Waals surface area contributed by atoms with Crippen molar-refractivity contribution < 1.29 is 9.53 Å². The maximum atomic E-state index is 13.2. The molecule has 0 aliphatic carbocycles. The summed E-state index contributed by atoms with van der Waals surface area (Å²) >= 11 is 0. The van der Waals surface area contributed by atoms with E-state index >= 15 is 0 Å². The normalized spacial score (nSPS) is 15.5. The minimum atomic E-state index is -0.405. The van der Waals surface area contributed by atoms with E-state index in [4.69, 9.17) is 4.74 Å². The number of ether oxygens (including phenoxy) is 1. The highest BCUT2D eigenvalue weighted by Gasteiger charge is 2.37. The number of allylic oxidation sites excluding steroid dienone is 1. The van der Waals surface area contributed by atoms with Gasteiger partial charge in [-0.3, -0.25) is 9.69 Å². The number of rotatable bonds is 3. The lowest BCUT2D eigenvalue weighted by molar-refractivity contribution is -0.118. The second kappa shape index (κ2) is 6.16. The number of hydrogen-bond donors (Lipinski definition) is 0. The molecule has 0 N–H and O–H groups in total. The number of methoxy groups -OCH3 is 1. The molecule has 0 bridgehead atoms. The molecule has 1 amide bonds. The first kappa shape index (κ1) is 16.3. The van der Waals surface area contributed by atoms with Crippen molar-refractivity contribution in [2.45, 2.75) is 32.7 Å². The largest absolute Gasteiger partial charge is 0.495 e. The Labute approximate surface area is 143 Å². The van der Waals surface area contributed by atoms with Gasteiger partial charge in [-0.25, -0.2) is 0 Å². The second-order valence-electron chi connectivity index (χ2n) is 6.73. The van der Waals surface area contributed by atoms with E-state index in [0.29, 0.717) is 6.42 Å². The Kier molecular flexibility index (Phi) is 4.18. The third-order valence-electron chi connectivity index (χ3n) is 4.46. The van der Waals surface area contributed by atoms with Crippen LogP contribution in [0.1, 0.15) is 31.9 Å². The molecule has 3 heteroatoms. The molecule has 3 rings (SSSR count). The van der Waals surface area contributed by atoms with E-state index in [1.807, 2.05) is 53.4 Å². The van der Waals surface area contributed by atoms with Crippen LogP contribution in [-0.4, -0.2) is 18.6 Å². The fourth-order valence-corrected chi connectivity index (χ4v) is 3.49. The number of fused-ring (bicyclic) bond motifs is 1. The Bertz CT molecular complexity index is 791. The maximum Gasteiger partial charge on any atom is 0.232 e. The summed E-state index contributed by atoms with van der Waals surface area (Å²) in [5, 5.41) is 0. The zero-order valence-corrected chi connectivity index (χ0v) is 14.7. The lowest BCUT2D eigenvalue weighted by Crippen LogP contribution is -2.49. The number of hydrogen-bond acceptors (Lipinski definition) is 2. The van der Waals surface area contributed by atoms with E-state index < -0.39 is 5.54 Å². The van der Waals surface area contributed by atoms with Crippen LogP contribution in [-0.2, 0) is 11.2 Å². The van der Waals surface area contributed by atoms with Crippen LogP contribution >= 0.6 is 0 Å². The first-order valence-corrected chi connectivity index (χ1v) is 8.18. The Hall–Kier alpha value is -2.55. The fourth-order valence-electron chi connectivity index (χ4n) is 3.49. The molecular formula is C21H23NO2. The summed E-state index contributed by atoms with van der Waals surface area (Å²) < 4.78 is 5.56. The van der Waals surface area contributed by atoms with Gasteiger partial charge in [-0.15, -0.1) is 0 Å². The standard InChI is InChI=1S/C21H23NO2/c1-15-14-21(2,3)22(19(23)13-16-9-6-5-7-10-16)20-17(15)11-8-12-18(20)24-4/h5-12,14H,13H2,1-4H3. The monoisotopic (exact) mass is 321 g/mol. The number of anilines is 1. The number of benzene rings is 2. The zero-order valence-electron chi connectivity index (χ0n) is 14.7. The van der Waals surface area contributed by atoms with Crippen molar-refractivity contribution in [1.29, 1.82) is 0 Å². The van der Waals surface area contributed by atoms with Crippen LogP contribution in [0, 0.1) is 0 Å². The van der Waals surface area contributed by atoms with Gasteiger partial charge in [0.05, 0.1) is 24.8 Å². The van der Waals surface area contributed by atoms with E-state index in [9.17, 15) is 4.79 Å². The van der Waals surface area contributed by atoms with Crippen molar-refractivity contribution in [3.05, 3.63) is 65.7 Å². The Morgan fingerprint density at radius 3 is 2.46 bits per heavy atom. The molecular weight excluding hydrogens is 298 g/mol. The van der Waals surface area contributed by atoms with Crippen LogP contribution in [0.5, 0.6) is 5.75 Å². The van der Waals surface area contributed by atoms with E-state index in [-0.39, 0.29) is 5.91 Å². The van der Waals surface area contributed by atoms with E-state index in [0.717, 1.165) is 28.1 Å². The minimum Gasteiger partial charge on any atom is -0.495 e. The third kappa shape index (κ3) is 2.82. The lowest BCUT2D eigenvalue weighted by Gasteiger charge is -2.42. The van der Waals surface area contributed by atoms with E-state index in [2.05, 4.69) is 26.8 Å². The molecule has 124 valence electrons. The Morgan fingerprint density at radius 1 is 1.08 bits per heavy atom. The summed E-state index contributed by atoms with van der Waals surface area (Å²) in [6, 6.07) is 15.8. The van der Waals surface area contributed by atoms with Crippen molar-refractivity contribution in [3.8, 4) is 5.75 Å². The van der Waals surface area contributed by atoms with Crippen molar-refractivity contribution in [3.63, 3.8) is 0 Å². The molecule has 2 aromatic carbocycles. The molecule has 3 nitrogen and oxygen atoms in total. The quantitative estimate of drug-likeness (QED) is 0.835. The van der Waals surface area contributed by atoms with Crippen LogP contribution in [0.15, 0.2) is 54.6 Å². The van der Waals surface area contributed by atoms with Crippen LogP contribution in [0.3, 0.4) is 0 Å². The molecule has 1 aliphatic rings. The molecule has 0 spiro atoms. The van der Waals surface area contributed by atoms with Crippen LogP contribution in [0.25, 0.3) is 5.57 Å². The van der Waals surface area contributed by atoms with Crippen LogP contribution < -0.4 is 9.64 Å². The molecule has 0 saturated carbocycles. The second-order valence-corrected chi connectivity index (χ2v) is 6.73. The number of amides is 1.